The molecule has 3 aromatic rings. The fraction of sp³-hybridized carbons (Fsp3) is 0.150. The summed E-state index contributed by atoms with van der Waals surface area (Å²) >= 11 is 0. The second kappa shape index (κ2) is 4.56. The molecule has 0 aliphatic heterocycles. The normalized spacial score (nSPS) is 12.8. The molecule has 0 atom stereocenters. The quantitative estimate of drug-likeness (QED) is 0.629. The minimum atomic E-state index is 0.116. The van der Waals surface area contributed by atoms with Gasteiger partial charge in [-0.3, -0.25) is 4.79 Å². The molecule has 0 saturated heterocycles. The number of rotatable bonds is 2. The minimum absolute atomic E-state index is 0.116. The molecule has 21 heavy (non-hydrogen) atoms. The summed E-state index contributed by atoms with van der Waals surface area (Å²) in [6, 6.07) is 18.3. The third-order valence-corrected chi connectivity index (χ3v) is 4.44. The Labute approximate surface area is 124 Å². The van der Waals surface area contributed by atoms with Gasteiger partial charge in [0.15, 0.2) is 5.78 Å². The van der Waals surface area contributed by atoms with Crippen molar-refractivity contribution in [2.75, 3.05) is 0 Å². The molecule has 0 saturated carbocycles. The van der Waals surface area contributed by atoms with Crippen LogP contribution in [0.4, 0.5) is 0 Å². The maximum Gasteiger partial charge on any atom is 0.193 e. The topological polar surface area (TPSA) is 17.1 Å². The van der Waals surface area contributed by atoms with E-state index in [4.69, 9.17) is 0 Å². The van der Waals surface area contributed by atoms with Gasteiger partial charge in [-0.25, -0.2) is 0 Å². The Hall–Kier alpha value is -2.41. The molecule has 0 amide bonds. The highest BCUT2D eigenvalue weighted by molar-refractivity contribution is 6.17. The number of carbonyl (C=O) groups is 1. The molecule has 1 aliphatic rings. The smallest absolute Gasteiger partial charge is 0.193 e. The summed E-state index contributed by atoms with van der Waals surface area (Å²) < 4.78 is 0. The van der Waals surface area contributed by atoms with Crippen molar-refractivity contribution in [3.63, 3.8) is 0 Å². The molecule has 1 aliphatic carbocycles. The number of aryl methyl sites for hydroxylation is 3. The van der Waals surface area contributed by atoms with Crippen LogP contribution in [0.2, 0.25) is 0 Å². The van der Waals surface area contributed by atoms with Gasteiger partial charge in [0.1, 0.15) is 0 Å². The third-order valence-electron chi connectivity index (χ3n) is 4.44. The van der Waals surface area contributed by atoms with E-state index in [1.165, 1.54) is 22.1 Å². The fourth-order valence-corrected chi connectivity index (χ4v) is 3.31. The van der Waals surface area contributed by atoms with Gasteiger partial charge in [0, 0.05) is 11.1 Å². The highest BCUT2D eigenvalue weighted by Crippen LogP contribution is 2.33. The van der Waals surface area contributed by atoms with E-state index >= 15 is 0 Å². The first-order valence-corrected chi connectivity index (χ1v) is 7.39. The second-order valence-electron chi connectivity index (χ2n) is 5.81. The van der Waals surface area contributed by atoms with Crippen molar-refractivity contribution < 1.29 is 4.79 Å². The highest BCUT2D eigenvalue weighted by atomic mass is 16.1. The zero-order valence-corrected chi connectivity index (χ0v) is 12.0. The molecule has 102 valence electrons. The Balaban J connectivity index is 1.92. The van der Waals surface area contributed by atoms with Gasteiger partial charge in [-0.1, -0.05) is 60.2 Å². The van der Waals surface area contributed by atoms with E-state index in [1.54, 1.807) is 0 Å². The van der Waals surface area contributed by atoms with Gasteiger partial charge in [0.2, 0.25) is 0 Å². The largest absolute Gasteiger partial charge is 0.289 e. The molecule has 3 aromatic carbocycles. The Bertz CT molecular complexity index is 847. The molecule has 0 heterocycles. The van der Waals surface area contributed by atoms with Crippen LogP contribution in [-0.2, 0) is 12.8 Å². The van der Waals surface area contributed by atoms with E-state index in [0.717, 1.165) is 29.4 Å². The molecular weight excluding hydrogens is 256 g/mol. The van der Waals surface area contributed by atoms with Crippen molar-refractivity contribution in [2.24, 2.45) is 0 Å². The lowest BCUT2D eigenvalue weighted by molar-refractivity contribution is 0.104. The van der Waals surface area contributed by atoms with Crippen LogP contribution < -0.4 is 0 Å². The van der Waals surface area contributed by atoms with Gasteiger partial charge >= 0.3 is 0 Å². The minimum Gasteiger partial charge on any atom is -0.289 e. The molecule has 0 bridgehead atoms. The first kappa shape index (κ1) is 12.3. The van der Waals surface area contributed by atoms with Crippen LogP contribution in [0.5, 0.6) is 0 Å². The van der Waals surface area contributed by atoms with Crippen LogP contribution in [0.1, 0.15) is 32.6 Å². The van der Waals surface area contributed by atoms with Crippen LogP contribution in [0.25, 0.3) is 10.8 Å². The lowest BCUT2D eigenvalue weighted by atomic mass is 9.94. The standard InChI is InChI=1S/C20H16O/c1-13-5-7-16(8-6-13)20(21)18-12-11-15-10-9-14-3-2-4-17(18)19(14)15/h2-8,11-12H,9-10H2,1H3. The lowest BCUT2D eigenvalue weighted by Crippen LogP contribution is -2.02. The summed E-state index contributed by atoms with van der Waals surface area (Å²) in [6.45, 7) is 2.03. The number of carbonyl (C=O) groups excluding carboxylic acids is 1. The Morgan fingerprint density at radius 1 is 0.857 bits per heavy atom. The number of hydrogen-bond acceptors (Lipinski definition) is 1. The summed E-state index contributed by atoms with van der Waals surface area (Å²) in [5.41, 5.74) is 5.51. The monoisotopic (exact) mass is 272 g/mol. The molecule has 0 fully saturated rings. The zero-order chi connectivity index (χ0) is 14.4. The van der Waals surface area contributed by atoms with Gasteiger partial charge in [-0.15, -0.1) is 0 Å². The second-order valence-corrected chi connectivity index (χ2v) is 5.81. The van der Waals surface area contributed by atoms with E-state index in [2.05, 4.69) is 24.3 Å². The summed E-state index contributed by atoms with van der Waals surface area (Å²) in [5.74, 6) is 0.116. The Morgan fingerprint density at radius 3 is 2.33 bits per heavy atom. The molecule has 0 spiro atoms. The fourth-order valence-electron chi connectivity index (χ4n) is 3.31. The molecule has 1 nitrogen and oxygen atoms in total. The van der Waals surface area contributed by atoms with E-state index < -0.39 is 0 Å². The molecule has 0 unspecified atom stereocenters. The first-order chi connectivity index (χ1) is 10.2. The molecule has 0 radical (unpaired) electrons. The van der Waals surface area contributed by atoms with Crippen LogP contribution in [0, 0.1) is 6.92 Å². The molecule has 1 heteroatoms. The lowest BCUT2D eigenvalue weighted by Gasteiger charge is -2.08. The summed E-state index contributed by atoms with van der Waals surface area (Å²) in [5, 5.41) is 2.41. The summed E-state index contributed by atoms with van der Waals surface area (Å²) in [7, 11) is 0. The zero-order valence-electron chi connectivity index (χ0n) is 12.0. The third kappa shape index (κ3) is 1.89. The Kier molecular flexibility index (Phi) is 2.68. The van der Waals surface area contributed by atoms with Crippen molar-refractivity contribution >= 4 is 16.6 Å². The van der Waals surface area contributed by atoms with Crippen molar-refractivity contribution in [1.82, 2.24) is 0 Å². The molecule has 4 rings (SSSR count). The van der Waals surface area contributed by atoms with Gasteiger partial charge in [-0.05, 0) is 41.7 Å². The van der Waals surface area contributed by atoms with Crippen molar-refractivity contribution in [3.05, 3.63) is 82.4 Å². The molecular formula is C20H16O. The van der Waals surface area contributed by atoms with Crippen molar-refractivity contribution in [3.8, 4) is 0 Å². The van der Waals surface area contributed by atoms with Gasteiger partial charge in [0.05, 0.1) is 0 Å². The van der Waals surface area contributed by atoms with Crippen LogP contribution in [0.3, 0.4) is 0 Å². The van der Waals surface area contributed by atoms with E-state index in [9.17, 15) is 4.79 Å². The predicted octanol–water partition coefficient (Wildman–Crippen LogP) is 4.48. The number of ketones is 1. The van der Waals surface area contributed by atoms with Gasteiger partial charge in [-0.2, -0.15) is 0 Å². The molecule has 0 N–H and O–H groups in total. The summed E-state index contributed by atoms with van der Waals surface area (Å²) in [6.07, 6.45) is 2.18. The number of hydrogen-bond donors (Lipinski definition) is 0. The van der Waals surface area contributed by atoms with Crippen LogP contribution >= 0.6 is 0 Å². The van der Waals surface area contributed by atoms with Crippen molar-refractivity contribution in [1.29, 1.82) is 0 Å². The average molecular weight is 272 g/mol. The van der Waals surface area contributed by atoms with Gasteiger partial charge < -0.3 is 0 Å². The van der Waals surface area contributed by atoms with Crippen molar-refractivity contribution in [2.45, 2.75) is 19.8 Å². The first-order valence-electron chi connectivity index (χ1n) is 7.39. The van der Waals surface area contributed by atoms with Gasteiger partial charge in [0.25, 0.3) is 0 Å². The Morgan fingerprint density at radius 2 is 1.57 bits per heavy atom. The summed E-state index contributed by atoms with van der Waals surface area (Å²) in [4.78, 5) is 12.8. The highest BCUT2D eigenvalue weighted by Gasteiger charge is 2.19. The maximum absolute atomic E-state index is 12.8. The van der Waals surface area contributed by atoms with Crippen LogP contribution in [-0.4, -0.2) is 5.78 Å². The van der Waals surface area contributed by atoms with E-state index in [1.807, 2.05) is 37.3 Å². The average Bonchev–Trinajstić information content (AvgIpc) is 2.93. The maximum atomic E-state index is 12.8. The number of benzene rings is 3. The predicted molar refractivity (Wildman–Crippen MR) is 86.0 cm³/mol. The van der Waals surface area contributed by atoms with Crippen LogP contribution in [0.15, 0.2) is 54.6 Å². The SMILES string of the molecule is Cc1ccc(C(=O)c2ccc3c4c(cccc24)CC3)cc1. The van der Waals surface area contributed by atoms with E-state index in [-0.39, 0.29) is 5.78 Å². The molecule has 0 aromatic heterocycles. The van der Waals surface area contributed by atoms with E-state index in [0.29, 0.717) is 0 Å².